The summed E-state index contributed by atoms with van der Waals surface area (Å²) >= 11 is 1.43. The van der Waals surface area contributed by atoms with E-state index in [1.807, 2.05) is 52.3 Å². The van der Waals surface area contributed by atoms with Crippen LogP contribution >= 0.6 is 11.3 Å². The van der Waals surface area contributed by atoms with Gasteiger partial charge in [-0.25, -0.2) is 4.98 Å². The average molecular weight is 448 g/mol. The lowest BCUT2D eigenvalue weighted by molar-refractivity contribution is 0.0531. The van der Waals surface area contributed by atoms with Gasteiger partial charge in [0.25, 0.3) is 11.8 Å². The summed E-state index contributed by atoms with van der Waals surface area (Å²) in [6.07, 6.45) is 0.763. The Hall–Kier alpha value is -3.19. The monoisotopic (exact) mass is 447 g/mol. The van der Waals surface area contributed by atoms with Gasteiger partial charge in [0.05, 0.1) is 12.6 Å². The highest BCUT2D eigenvalue weighted by molar-refractivity contribution is 7.07. The fraction of sp³-hybridized carbons (Fsp3) is 0.320. The number of amides is 2. The molecule has 0 radical (unpaired) electrons. The molecule has 0 aliphatic carbocycles. The Bertz CT molecular complexity index is 1100. The van der Waals surface area contributed by atoms with Crippen LogP contribution in [-0.4, -0.2) is 59.4 Å². The lowest BCUT2D eigenvalue weighted by atomic mass is 9.81. The molecule has 2 aliphatic rings. The van der Waals surface area contributed by atoms with Crippen LogP contribution in [0.4, 0.5) is 0 Å². The number of hydrogen-bond acceptors (Lipinski definition) is 5. The number of nitrogens with zero attached hydrogens (tertiary/aromatic N) is 3. The summed E-state index contributed by atoms with van der Waals surface area (Å²) in [5, 5.41) is 1.80. The number of methoxy groups -OCH3 is 1. The summed E-state index contributed by atoms with van der Waals surface area (Å²) in [4.78, 5) is 34.5. The molecular weight excluding hydrogens is 422 g/mol. The molecule has 2 fully saturated rings. The van der Waals surface area contributed by atoms with Gasteiger partial charge in [-0.2, -0.15) is 0 Å². The largest absolute Gasteiger partial charge is 0.497 e. The number of likely N-dealkylation sites (tertiary alicyclic amines) is 2. The Balaban J connectivity index is 1.46. The summed E-state index contributed by atoms with van der Waals surface area (Å²) in [6.45, 7) is 1.87. The Morgan fingerprint density at radius 1 is 1.06 bits per heavy atom. The van der Waals surface area contributed by atoms with Crippen molar-refractivity contribution in [1.29, 1.82) is 0 Å². The van der Waals surface area contributed by atoms with Crippen molar-refractivity contribution in [1.82, 2.24) is 14.8 Å². The number of piperidine rings is 1. The molecule has 164 valence electrons. The molecule has 0 spiro atoms. The van der Waals surface area contributed by atoms with Crippen molar-refractivity contribution < 1.29 is 14.3 Å². The number of benzene rings is 2. The maximum absolute atomic E-state index is 13.4. The highest BCUT2D eigenvalue weighted by Gasteiger charge is 2.48. The lowest BCUT2D eigenvalue weighted by Gasteiger charge is -2.38. The number of aromatic nitrogens is 1. The fourth-order valence-electron chi connectivity index (χ4n) is 5.10. The van der Waals surface area contributed by atoms with E-state index >= 15 is 0 Å². The van der Waals surface area contributed by atoms with E-state index in [9.17, 15) is 9.59 Å². The van der Waals surface area contributed by atoms with Gasteiger partial charge in [-0.1, -0.05) is 30.3 Å². The summed E-state index contributed by atoms with van der Waals surface area (Å²) < 4.78 is 5.45. The van der Waals surface area contributed by atoms with Crippen molar-refractivity contribution in [3.63, 3.8) is 0 Å². The SMILES string of the molecule is COc1cccc([C@H]2CN(C(=O)c3ccccc3)[C@@H]3CCN(C(=O)c4cscn4)C[C@H]23)c1. The first-order valence-electron chi connectivity index (χ1n) is 10.8. The minimum Gasteiger partial charge on any atom is -0.497 e. The highest BCUT2D eigenvalue weighted by Crippen LogP contribution is 2.43. The van der Waals surface area contributed by atoms with Crippen LogP contribution in [0.2, 0.25) is 0 Å². The molecule has 1 aromatic heterocycles. The molecule has 2 amide bonds. The zero-order valence-electron chi connectivity index (χ0n) is 17.9. The number of hydrogen-bond donors (Lipinski definition) is 0. The molecule has 2 aliphatic heterocycles. The van der Waals surface area contributed by atoms with Gasteiger partial charge in [0.2, 0.25) is 0 Å². The minimum absolute atomic E-state index is 0.0260. The molecule has 0 saturated carbocycles. The van der Waals surface area contributed by atoms with E-state index in [-0.39, 0.29) is 29.7 Å². The van der Waals surface area contributed by atoms with Crippen LogP contribution in [0.5, 0.6) is 5.75 Å². The fourth-order valence-corrected chi connectivity index (χ4v) is 5.63. The van der Waals surface area contributed by atoms with E-state index in [2.05, 4.69) is 17.1 Å². The van der Waals surface area contributed by atoms with Crippen molar-refractivity contribution in [2.24, 2.45) is 5.92 Å². The third-order valence-corrected chi connectivity index (χ3v) is 7.26. The van der Waals surface area contributed by atoms with E-state index in [1.54, 1.807) is 18.0 Å². The number of thiazole rings is 1. The van der Waals surface area contributed by atoms with E-state index in [1.165, 1.54) is 11.3 Å². The molecule has 3 heterocycles. The maximum atomic E-state index is 13.4. The highest BCUT2D eigenvalue weighted by atomic mass is 32.1. The van der Waals surface area contributed by atoms with Gasteiger partial charge in [-0.3, -0.25) is 9.59 Å². The topological polar surface area (TPSA) is 62.7 Å². The second-order valence-electron chi connectivity index (χ2n) is 8.35. The Kier molecular flexibility index (Phi) is 5.66. The summed E-state index contributed by atoms with van der Waals surface area (Å²) in [6, 6.07) is 17.6. The molecule has 0 unspecified atom stereocenters. The molecule has 2 aromatic carbocycles. The second-order valence-corrected chi connectivity index (χ2v) is 9.07. The summed E-state index contributed by atoms with van der Waals surface area (Å²) in [7, 11) is 1.66. The number of carbonyl (C=O) groups excluding carboxylic acids is 2. The molecule has 3 atom stereocenters. The van der Waals surface area contributed by atoms with Crippen molar-refractivity contribution in [2.45, 2.75) is 18.4 Å². The molecule has 2 saturated heterocycles. The van der Waals surface area contributed by atoms with E-state index in [4.69, 9.17) is 4.74 Å². The first-order chi connectivity index (χ1) is 15.7. The normalized spacial score (nSPS) is 22.5. The van der Waals surface area contributed by atoms with E-state index in [0.29, 0.717) is 30.9 Å². The zero-order chi connectivity index (χ0) is 22.1. The van der Waals surface area contributed by atoms with Gasteiger partial charge in [-0.05, 0) is 36.2 Å². The van der Waals surface area contributed by atoms with Crippen molar-refractivity contribution >= 4 is 23.2 Å². The summed E-state index contributed by atoms with van der Waals surface area (Å²) in [5.74, 6) is 1.13. The molecule has 6 nitrogen and oxygen atoms in total. The first-order valence-corrected chi connectivity index (χ1v) is 11.8. The van der Waals surface area contributed by atoms with Crippen molar-refractivity contribution in [2.75, 3.05) is 26.7 Å². The van der Waals surface area contributed by atoms with Gasteiger partial charge >= 0.3 is 0 Å². The Morgan fingerprint density at radius 2 is 1.91 bits per heavy atom. The van der Waals surface area contributed by atoms with Gasteiger partial charge in [0, 0.05) is 48.5 Å². The predicted molar refractivity (Wildman–Crippen MR) is 123 cm³/mol. The third-order valence-electron chi connectivity index (χ3n) is 6.67. The van der Waals surface area contributed by atoms with E-state index < -0.39 is 0 Å². The van der Waals surface area contributed by atoms with Gasteiger partial charge in [0.15, 0.2) is 0 Å². The third kappa shape index (κ3) is 3.77. The molecule has 3 aromatic rings. The number of carbonyl (C=O) groups is 2. The van der Waals surface area contributed by atoms with Crippen LogP contribution in [0.3, 0.4) is 0 Å². The molecule has 5 rings (SSSR count). The van der Waals surface area contributed by atoms with Crippen LogP contribution in [0.15, 0.2) is 65.5 Å². The smallest absolute Gasteiger partial charge is 0.273 e. The minimum atomic E-state index is -0.0260. The predicted octanol–water partition coefficient (Wildman–Crippen LogP) is 3.92. The van der Waals surface area contributed by atoms with E-state index in [0.717, 1.165) is 17.7 Å². The average Bonchev–Trinajstić information content (AvgIpc) is 3.52. The molecule has 0 bridgehead atoms. The van der Waals surface area contributed by atoms with Gasteiger partial charge in [-0.15, -0.1) is 11.3 Å². The molecule has 0 N–H and O–H groups in total. The molecule has 7 heteroatoms. The van der Waals surface area contributed by atoms with Crippen molar-refractivity contribution in [3.8, 4) is 5.75 Å². The van der Waals surface area contributed by atoms with Crippen LogP contribution in [0.1, 0.15) is 38.7 Å². The van der Waals surface area contributed by atoms with Crippen LogP contribution in [0, 0.1) is 5.92 Å². The molecular formula is C25H25N3O3S. The quantitative estimate of drug-likeness (QED) is 0.608. The second kappa shape index (κ2) is 8.74. The van der Waals surface area contributed by atoms with Crippen molar-refractivity contribution in [3.05, 3.63) is 82.3 Å². The number of ether oxygens (including phenoxy) is 1. The Morgan fingerprint density at radius 3 is 2.66 bits per heavy atom. The summed E-state index contributed by atoms with van der Waals surface area (Å²) in [5.41, 5.74) is 4.04. The van der Waals surface area contributed by atoms with Crippen LogP contribution < -0.4 is 4.74 Å². The van der Waals surface area contributed by atoms with Gasteiger partial charge < -0.3 is 14.5 Å². The lowest BCUT2D eigenvalue weighted by Crippen LogP contribution is -2.49. The first kappa shape index (κ1) is 20.7. The Labute approximate surface area is 191 Å². The molecule has 32 heavy (non-hydrogen) atoms. The standard InChI is InChI=1S/C25H25N3O3S/c1-31-19-9-5-8-18(12-19)20-14-28(24(29)17-6-3-2-4-7-17)23-10-11-27(13-21(20)23)25(30)22-15-32-16-26-22/h2-9,12,15-16,20-21,23H,10-11,13-14H2,1H3/t20-,21-,23-/m1/s1. The zero-order valence-corrected chi connectivity index (χ0v) is 18.7. The maximum Gasteiger partial charge on any atom is 0.273 e. The number of rotatable bonds is 4. The van der Waals surface area contributed by atoms with Crippen LogP contribution in [0.25, 0.3) is 0 Å². The number of fused-ring (bicyclic) bond motifs is 1. The van der Waals surface area contributed by atoms with Crippen LogP contribution in [-0.2, 0) is 0 Å². The van der Waals surface area contributed by atoms with Gasteiger partial charge in [0.1, 0.15) is 11.4 Å².